The van der Waals surface area contributed by atoms with Crippen LogP contribution in [0.25, 0.3) is 0 Å². The number of amidine groups is 1. The minimum Gasteiger partial charge on any atom is -0.434 e. The molecule has 0 aliphatic heterocycles. The number of ether oxygens (including phenoxy) is 1. The quantitative estimate of drug-likeness (QED) is 0.371. The van der Waals surface area contributed by atoms with E-state index in [1.807, 2.05) is 0 Å². The molecule has 1 heterocycles. The number of nitrogens with two attached hydrogens (primary N) is 1. The van der Waals surface area contributed by atoms with E-state index in [0.29, 0.717) is 0 Å². The lowest BCUT2D eigenvalue weighted by Crippen LogP contribution is -2.15. The molecule has 0 aliphatic rings. The van der Waals surface area contributed by atoms with Crippen molar-refractivity contribution in [2.75, 3.05) is 0 Å². The van der Waals surface area contributed by atoms with Gasteiger partial charge in [0.05, 0.1) is 12.4 Å². The Morgan fingerprint density at radius 3 is 2.67 bits per heavy atom. The lowest BCUT2D eigenvalue weighted by Gasteiger charge is -2.05. The van der Waals surface area contributed by atoms with Gasteiger partial charge in [0.2, 0.25) is 5.88 Å². The van der Waals surface area contributed by atoms with Gasteiger partial charge in [-0.2, -0.15) is 0 Å². The number of halogens is 1. The van der Waals surface area contributed by atoms with Crippen LogP contribution in [0, 0.1) is 5.82 Å². The molecule has 0 fully saturated rings. The van der Waals surface area contributed by atoms with Crippen LogP contribution < -0.4 is 10.5 Å². The van der Waals surface area contributed by atoms with Crippen LogP contribution in [0.1, 0.15) is 5.69 Å². The predicted octanol–water partition coefficient (Wildman–Crippen LogP) is 1.50. The summed E-state index contributed by atoms with van der Waals surface area (Å²) in [4.78, 5) is 7.71. The lowest BCUT2D eigenvalue weighted by atomic mass is 10.3. The van der Waals surface area contributed by atoms with Crippen molar-refractivity contribution >= 4 is 5.84 Å². The van der Waals surface area contributed by atoms with E-state index < -0.39 is 5.82 Å². The molecule has 6 nitrogen and oxygen atoms in total. The number of aromatic nitrogens is 2. The van der Waals surface area contributed by atoms with Gasteiger partial charge in [-0.3, -0.25) is 0 Å². The van der Waals surface area contributed by atoms with Crippen LogP contribution in [0.3, 0.4) is 0 Å². The first kappa shape index (κ1) is 11.8. The first-order chi connectivity index (χ1) is 8.70. The van der Waals surface area contributed by atoms with Gasteiger partial charge in [-0.1, -0.05) is 17.3 Å². The fourth-order valence-electron chi connectivity index (χ4n) is 1.19. The van der Waals surface area contributed by atoms with E-state index in [9.17, 15) is 4.39 Å². The zero-order chi connectivity index (χ0) is 13.0. The molecule has 0 radical (unpaired) electrons. The highest BCUT2D eigenvalue weighted by Crippen LogP contribution is 2.21. The van der Waals surface area contributed by atoms with Gasteiger partial charge in [-0.25, -0.2) is 14.4 Å². The second-order valence-corrected chi connectivity index (χ2v) is 3.26. The summed E-state index contributed by atoms with van der Waals surface area (Å²) in [6.07, 6.45) is 2.51. The van der Waals surface area contributed by atoms with Crippen molar-refractivity contribution in [2.45, 2.75) is 0 Å². The topological polar surface area (TPSA) is 93.6 Å². The molecule has 1 aromatic carbocycles. The number of benzene rings is 1. The second kappa shape index (κ2) is 5.09. The molecule has 18 heavy (non-hydrogen) atoms. The molecule has 0 spiro atoms. The molecule has 3 N–H and O–H groups in total. The summed E-state index contributed by atoms with van der Waals surface area (Å²) in [7, 11) is 0. The van der Waals surface area contributed by atoms with Crippen molar-refractivity contribution in [1.29, 1.82) is 0 Å². The number of rotatable bonds is 3. The summed E-state index contributed by atoms with van der Waals surface area (Å²) in [5.74, 6) is -0.516. The highest BCUT2D eigenvalue weighted by atomic mass is 19.1. The molecular weight excluding hydrogens is 239 g/mol. The lowest BCUT2D eigenvalue weighted by molar-refractivity contribution is 0.318. The molecule has 0 atom stereocenters. The average Bonchev–Trinajstić information content (AvgIpc) is 2.41. The molecule has 92 valence electrons. The predicted molar refractivity (Wildman–Crippen MR) is 61.0 cm³/mol. The Balaban J connectivity index is 2.19. The largest absolute Gasteiger partial charge is 0.434 e. The van der Waals surface area contributed by atoms with Gasteiger partial charge in [0.15, 0.2) is 17.4 Å². The van der Waals surface area contributed by atoms with Crippen LogP contribution in [0.4, 0.5) is 4.39 Å². The molecule has 1 aromatic heterocycles. The summed E-state index contributed by atoms with van der Waals surface area (Å²) < 4.78 is 18.5. The first-order valence-electron chi connectivity index (χ1n) is 4.93. The maximum Gasteiger partial charge on any atom is 0.238 e. The number of hydrogen-bond donors (Lipinski definition) is 2. The van der Waals surface area contributed by atoms with Crippen molar-refractivity contribution in [1.82, 2.24) is 9.97 Å². The van der Waals surface area contributed by atoms with Crippen LogP contribution in [-0.4, -0.2) is 21.0 Å². The van der Waals surface area contributed by atoms with Gasteiger partial charge in [0, 0.05) is 0 Å². The number of para-hydroxylation sites is 1. The summed E-state index contributed by atoms with van der Waals surface area (Å²) in [6.45, 7) is 0. The molecular formula is C11H9FN4O2. The smallest absolute Gasteiger partial charge is 0.238 e. The van der Waals surface area contributed by atoms with E-state index in [0.717, 1.165) is 0 Å². The fraction of sp³-hybridized carbons (Fsp3) is 0. The maximum atomic E-state index is 13.3. The van der Waals surface area contributed by atoms with Crippen LogP contribution in [0.2, 0.25) is 0 Å². The Hall–Kier alpha value is -2.70. The van der Waals surface area contributed by atoms with E-state index in [2.05, 4.69) is 15.1 Å². The van der Waals surface area contributed by atoms with Gasteiger partial charge in [-0.05, 0) is 12.1 Å². The Bertz CT molecular complexity index is 572. The van der Waals surface area contributed by atoms with Gasteiger partial charge >= 0.3 is 0 Å². The van der Waals surface area contributed by atoms with E-state index in [1.165, 1.54) is 24.5 Å². The van der Waals surface area contributed by atoms with E-state index in [4.69, 9.17) is 15.7 Å². The maximum absolute atomic E-state index is 13.3. The molecule has 0 saturated heterocycles. The van der Waals surface area contributed by atoms with Gasteiger partial charge < -0.3 is 15.7 Å². The zero-order valence-electron chi connectivity index (χ0n) is 9.12. The third-order valence-corrected chi connectivity index (χ3v) is 2.05. The van der Waals surface area contributed by atoms with Gasteiger partial charge in [0.1, 0.15) is 5.69 Å². The fourth-order valence-corrected chi connectivity index (χ4v) is 1.19. The van der Waals surface area contributed by atoms with Crippen LogP contribution >= 0.6 is 0 Å². The highest BCUT2D eigenvalue weighted by Gasteiger charge is 2.06. The summed E-state index contributed by atoms with van der Waals surface area (Å²) in [5, 5.41) is 11.2. The Kier molecular flexibility index (Phi) is 3.33. The number of hydrogen-bond acceptors (Lipinski definition) is 5. The second-order valence-electron chi connectivity index (χ2n) is 3.26. The summed E-state index contributed by atoms with van der Waals surface area (Å²) in [6, 6.07) is 5.92. The molecule has 0 saturated carbocycles. The normalized spacial score (nSPS) is 11.3. The molecule has 7 heteroatoms. The van der Waals surface area contributed by atoms with E-state index in [1.54, 1.807) is 12.1 Å². The standard InChI is InChI=1S/C11H9FN4O2/c12-7-3-1-2-4-9(7)18-10-6-14-8(5-15-10)11(13)16-17/h1-6,17H,(H2,13,16). The minimum atomic E-state index is -0.500. The molecule has 0 unspecified atom stereocenters. The van der Waals surface area contributed by atoms with Crippen molar-refractivity contribution in [2.24, 2.45) is 10.9 Å². The molecule has 2 rings (SSSR count). The van der Waals surface area contributed by atoms with Crippen molar-refractivity contribution < 1.29 is 14.3 Å². The molecule has 2 aromatic rings. The highest BCUT2D eigenvalue weighted by molar-refractivity contribution is 5.94. The third-order valence-electron chi connectivity index (χ3n) is 2.05. The monoisotopic (exact) mass is 248 g/mol. The zero-order valence-corrected chi connectivity index (χ0v) is 9.12. The average molecular weight is 248 g/mol. The SMILES string of the molecule is NC(=NO)c1cnc(Oc2ccccc2F)cn1. The summed E-state index contributed by atoms with van der Waals surface area (Å²) in [5.41, 5.74) is 5.51. The Morgan fingerprint density at radius 1 is 1.28 bits per heavy atom. The van der Waals surface area contributed by atoms with Crippen molar-refractivity contribution in [3.05, 3.63) is 48.2 Å². The van der Waals surface area contributed by atoms with Crippen LogP contribution in [0.15, 0.2) is 41.8 Å². The van der Waals surface area contributed by atoms with E-state index >= 15 is 0 Å². The van der Waals surface area contributed by atoms with Crippen molar-refractivity contribution in [3.63, 3.8) is 0 Å². The van der Waals surface area contributed by atoms with Crippen LogP contribution in [0.5, 0.6) is 11.6 Å². The Labute approximate surface area is 102 Å². The minimum absolute atomic E-state index is 0.0448. The van der Waals surface area contributed by atoms with E-state index in [-0.39, 0.29) is 23.2 Å². The molecule has 0 amide bonds. The van der Waals surface area contributed by atoms with Crippen molar-refractivity contribution in [3.8, 4) is 11.6 Å². The number of oxime groups is 1. The molecule has 0 bridgehead atoms. The van der Waals surface area contributed by atoms with Gasteiger partial charge in [-0.15, -0.1) is 0 Å². The molecule has 0 aliphatic carbocycles. The van der Waals surface area contributed by atoms with Crippen LogP contribution in [-0.2, 0) is 0 Å². The van der Waals surface area contributed by atoms with Gasteiger partial charge in [0.25, 0.3) is 0 Å². The number of nitrogens with zero attached hydrogens (tertiary/aromatic N) is 3. The third kappa shape index (κ3) is 2.51. The summed E-state index contributed by atoms with van der Waals surface area (Å²) >= 11 is 0. The Morgan fingerprint density at radius 2 is 2.06 bits per heavy atom. The first-order valence-corrected chi connectivity index (χ1v) is 4.93.